The molecule has 4 nitrogen and oxygen atoms in total. The number of sulfone groups is 1. The Kier molecular flexibility index (Phi) is 4.50. The van der Waals surface area contributed by atoms with Gasteiger partial charge in [-0.05, 0) is 42.0 Å². The summed E-state index contributed by atoms with van der Waals surface area (Å²) in [6.45, 7) is 0. The molecule has 2 heterocycles. The van der Waals surface area contributed by atoms with Gasteiger partial charge in [0.15, 0.2) is 9.84 Å². The minimum absolute atomic E-state index is 0.0761. The summed E-state index contributed by atoms with van der Waals surface area (Å²) in [7, 11) is -3.53. The molecule has 0 atom stereocenters. The van der Waals surface area contributed by atoms with E-state index in [-0.39, 0.29) is 21.4 Å². The van der Waals surface area contributed by atoms with Crippen LogP contribution in [-0.4, -0.2) is 14.3 Å². The molecule has 0 radical (unpaired) electrons. The van der Waals surface area contributed by atoms with Gasteiger partial charge in [-0.15, -0.1) is 11.3 Å². The molecule has 138 valence electrons. The molecule has 3 aromatic rings. The van der Waals surface area contributed by atoms with Gasteiger partial charge in [0.25, 0.3) is 5.91 Å². The molecule has 1 aliphatic rings. The number of rotatable bonds is 2. The standard InChI is InChI=1S/C18H10Cl2FNO3S2/c19-10-1-3-12-16(6-10)27(24,25)8-9-5-15(26-17(9)12)18(23)22-14-4-2-11(21)7-13(14)20/h1-7H,8H2,(H,22,23). The SMILES string of the molecule is O=C(Nc1ccc(F)cc1Cl)c1cc2c(s1)-c1ccc(Cl)cc1S(=O)(=O)C2. The molecule has 0 saturated heterocycles. The molecular formula is C18H10Cl2FNO3S2. The third-order valence-corrected chi connectivity index (χ3v) is 7.54. The molecule has 1 N–H and O–H groups in total. The third-order valence-electron chi connectivity index (χ3n) is 4.08. The minimum atomic E-state index is -3.53. The molecular weight excluding hydrogens is 432 g/mol. The molecule has 27 heavy (non-hydrogen) atoms. The maximum Gasteiger partial charge on any atom is 0.265 e. The number of anilines is 1. The quantitative estimate of drug-likeness (QED) is 0.578. The number of carbonyl (C=O) groups excluding carboxylic acids is 1. The summed E-state index contributed by atoms with van der Waals surface area (Å²) < 4.78 is 38.2. The Morgan fingerprint density at radius 3 is 2.63 bits per heavy atom. The summed E-state index contributed by atoms with van der Waals surface area (Å²) in [4.78, 5) is 13.8. The summed E-state index contributed by atoms with van der Waals surface area (Å²) in [5.74, 6) is -1.16. The van der Waals surface area contributed by atoms with Crippen molar-refractivity contribution in [1.82, 2.24) is 0 Å². The van der Waals surface area contributed by atoms with Gasteiger partial charge in [0.2, 0.25) is 0 Å². The summed E-state index contributed by atoms with van der Waals surface area (Å²) in [5, 5.41) is 3.03. The lowest BCUT2D eigenvalue weighted by molar-refractivity contribution is 0.103. The van der Waals surface area contributed by atoms with Gasteiger partial charge in [0.05, 0.1) is 26.2 Å². The fourth-order valence-corrected chi connectivity index (χ4v) is 6.20. The van der Waals surface area contributed by atoms with E-state index in [9.17, 15) is 17.6 Å². The molecule has 0 fully saturated rings. The van der Waals surface area contributed by atoms with E-state index in [1.807, 2.05) is 0 Å². The summed E-state index contributed by atoms with van der Waals surface area (Å²) in [6.07, 6.45) is 0. The summed E-state index contributed by atoms with van der Waals surface area (Å²) >= 11 is 13.1. The molecule has 1 aliphatic heterocycles. The van der Waals surface area contributed by atoms with Gasteiger partial charge in [-0.25, -0.2) is 12.8 Å². The van der Waals surface area contributed by atoms with Crippen molar-refractivity contribution >= 4 is 56.0 Å². The van der Waals surface area contributed by atoms with Crippen LogP contribution >= 0.6 is 34.5 Å². The number of amides is 1. The van der Waals surface area contributed by atoms with Crippen molar-refractivity contribution in [2.45, 2.75) is 10.6 Å². The van der Waals surface area contributed by atoms with E-state index in [1.54, 1.807) is 18.2 Å². The second-order valence-electron chi connectivity index (χ2n) is 5.94. The van der Waals surface area contributed by atoms with E-state index in [4.69, 9.17) is 23.2 Å². The third kappa shape index (κ3) is 3.36. The number of benzene rings is 2. The van der Waals surface area contributed by atoms with Gasteiger partial charge in [-0.1, -0.05) is 29.3 Å². The van der Waals surface area contributed by atoms with Crippen LogP contribution in [0.2, 0.25) is 10.0 Å². The van der Waals surface area contributed by atoms with Crippen LogP contribution in [0.5, 0.6) is 0 Å². The highest BCUT2D eigenvalue weighted by atomic mass is 35.5. The average molecular weight is 442 g/mol. The maximum absolute atomic E-state index is 13.1. The van der Waals surface area contributed by atoms with Gasteiger partial charge in [0, 0.05) is 15.5 Å². The Balaban J connectivity index is 1.73. The second-order valence-corrected chi connectivity index (χ2v) is 9.80. The van der Waals surface area contributed by atoms with E-state index >= 15 is 0 Å². The predicted molar refractivity (Wildman–Crippen MR) is 105 cm³/mol. The molecule has 0 spiro atoms. The molecule has 0 aliphatic carbocycles. The Bertz CT molecular complexity index is 1210. The topological polar surface area (TPSA) is 63.2 Å². The smallest absolute Gasteiger partial charge is 0.265 e. The van der Waals surface area contributed by atoms with Crippen molar-refractivity contribution < 1.29 is 17.6 Å². The monoisotopic (exact) mass is 441 g/mol. The lowest BCUT2D eigenvalue weighted by Gasteiger charge is -2.16. The number of thiophene rings is 1. The first kappa shape index (κ1) is 18.4. The number of fused-ring (bicyclic) bond motifs is 3. The number of carbonyl (C=O) groups is 1. The molecule has 0 bridgehead atoms. The lowest BCUT2D eigenvalue weighted by Crippen LogP contribution is -2.11. The molecule has 9 heteroatoms. The van der Waals surface area contributed by atoms with E-state index in [2.05, 4.69) is 5.32 Å². The largest absolute Gasteiger partial charge is 0.320 e. The fraction of sp³-hybridized carbons (Fsp3) is 0.0556. The summed E-state index contributed by atoms with van der Waals surface area (Å²) in [5.41, 5.74) is 1.36. The van der Waals surface area contributed by atoms with E-state index in [0.717, 1.165) is 6.07 Å². The Hall–Kier alpha value is -1.93. The Labute approximate surface area is 168 Å². The molecule has 2 aromatic carbocycles. The first-order valence-corrected chi connectivity index (χ1v) is 10.9. The molecule has 0 saturated carbocycles. The van der Waals surface area contributed by atoms with Crippen LogP contribution < -0.4 is 5.32 Å². The zero-order chi connectivity index (χ0) is 19.3. The van der Waals surface area contributed by atoms with Crippen LogP contribution in [-0.2, 0) is 15.6 Å². The summed E-state index contributed by atoms with van der Waals surface area (Å²) in [6, 6.07) is 9.89. The van der Waals surface area contributed by atoms with Crippen LogP contribution in [0.15, 0.2) is 47.4 Å². The van der Waals surface area contributed by atoms with Gasteiger partial charge in [0.1, 0.15) is 5.82 Å². The van der Waals surface area contributed by atoms with Crippen molar-refractivity contribution in [3.05, 3.63) is 68.8 Å². The normalized spacial score (nSPS) is 14.3. The van der Waals surface area contributed by atoms with Crippen molar-refractivity contribution in [3.8, 4) is 10.4 Å². The van der Waals surface area contributed by atoms with Crippen molar-refractivity contribution in [1.29, 1.82) is 0 Å². The second kappa shape index (κ2) is 6.60. The first-order valence-electron chi connectivity index (χ1n) is 7.66. The van der Waals surface area contributed by atoms with Crippen LogP contribution in [0.1, 0.15) is 15.2 Å². The van der Waals surface area contributed by atoms with Crippen LogP contribution in [0, 0.1) is 5.82 Å². The lowest BCUT2D eigenvalue weighted by atomic mass is 10.1. The Morgan fingerprint density at radius 2 is 1.89 bits per heavy atom. The van der Waals surface area contributed by atoms with Gasteiger partial charge in [-0.3, -0.25) is 4.79 Å². The number of halogens is 3. The highest BCUT2D eigenvalue weighted by molar-refractivity contribution is 7.91. The molecule has 4 rings (SSSR count). The van der Waals surface area contributed by atoms with Gasteiger partial charge < -0.3 is 5.32 Å². The zero-order valence-corrected chi connectivity index (χ0v) is 16.6. The van der Waals surface area contributed by atoms with E-state index in [0.29, 0.717) is 25.9 Å². The van der Waals surface area contributed by atoms with Crippen molar-refractivity contribution in [2.24, 2.45) is 0 Å². The fourth-order valence-electron chi connectivity index (χ4n) is 2.87. The van der Waals surface area contributed by atoms with Crippen LogP contribution in [0.25, 0.3) is 10.4 Å². The molecule has 1 amide bonds. The van der Waals surface area contributed by atoms with Crippen LogP contribution in [0.3, 0.4) is 0 Å². The van der Waals surface area contributed by atoms with Gasteiger partial charge >= 0.3 is 0 Å². The molecule has 0 unspecified atom stereocenters. The van der Waals surface area contributed by atoms with E-state index < -0.39 is 21.6 Å². The highest BCUT2D eigenvalue weighted by Crippen LogP contribution is 2.43. The van der Waals surface area contributed by atoms with Crippen molar-refractivity contribution in [3.63, 3.8) is 0 Å². The molecule has 1 aromatic heterocycles. The van der Waals surface area contributed by atoms with Gasteiger partial charge in [-0.2, -0.15) is 0 Å². The number of hydrogen-bond donors (Lipinski definition) is 1. The Morgan fingerprint density at radius 1 is 1.11 bits per heavy atom. The zero-order valence-electron chi connectivity index (χ0n) is 13.4. The maximum atomic E-state index is 13.1. The van der Waals surface area contributed by atoms with Crippen LogP contribution in [0.4, 0.5) is 10.1 Å². The minimum Gasteiger partial charge on any atom is -0.320 e. The predicted octanol–water partition coefficient (Wildman–Crippen LogP) is 5.40. The first-order chi connectivity index (χ1) is 12.7. The van der Waals surface area contributed by atoms with Crippen molar-refractivity contribution in [2.75, 3.05) is 5.32 Å². The average Bonchev–Trinajstić information content (AvgIpc) is 3.00. The highest BCUT2D eigenvalue weighted by Gasteiger charge is 2.31. The van der Waals surface area contributed by atoms with E-state index in [1.165, 1.54) is 29.5 Å². The number of hydrogen-bond acceptors (Lipinski definition) is 4. The number of nitrogens with one attached hydrogen (secondary N) is 1.